The number of thioether (sulfide) groups is 1. The number of carbonyl (C=O) groups is 1. The summed E-state index contributed by atoms with van der Waals surface area (Å²) in [4.78, 5) is 16.8. The van der Waals surface area contributed by atoms with Crippen LogP contribution >= 0.6 is 23.1 Å². The van der Waals surface area contributed by atoms with Crippen molar-refractivity contribution in [3.63, 3.8) is 0 Å². The maximum Gasteiger partial charge on any atom is 0.398 e. The molecule has 0 unspecified atom stereocenters. The third-order valence-corrected chi connectivity index (χ3v) is 4.96. The molecule has 0 spiro atoms. The topological polar surface area (TPSA) is 68.0 Å². The molecule has 0 radical (unpaired) electrons. The first-order chi connectivity index (χ1) is 11.3. The largest absolute Gasteiger partial charge is 0.398 e. The number of aryl methyl sites for hydroxylation is 1. The van der Waals surface area contributed by atoms with Crippen LogP contribution in [0.2, 0.25) is 0 Å². The minimum Gasteiger partial charge on any atom is -0.330 e. The van der Waals surface area contributed by atoms with E-state index < -0.39 is 17.8 Å². The van der Waals surface area contributed by atoms with Crippen molar-refractivity contribution in [3.8, 4) is 0 Å². The second-order valence-electron chi connectivity index (χ2n) is 5.02. The highest BCUT2D eigenvalue weighted by Crippen LogP contribution is 2.33. The molecule has 3 N–H and O–H groups in total. The number of amides is 1. The Labute approximate surface area is 145 Å². The van der Waals surface area contributed by atoms with Crippen molar-refractivity contribution in [1.29, 1.82) is 0 Å². The molecule has 0 fully saturated rings. The van der Waals surface area contributed by atoms with Gasteiger partial charge in [-0.3, -0.25) is 4.79 Å². The molecule has 0 atom stereocenters. The summed E-state index contributed by atoms with van der Waals surface area (Å²) in [5.41, 5.74) is 6.87. The van der Waals surface area contributed by atoms with Gasteiger partial charge >= 0.3 is 6.18 Å². The van der Waals surface area contributed by atoms with E-state index in [4.69, 9.17) is 5.73 Å². The molecule has 0 saturated carbocycles. The van der Waals surface area contributed by atoms with Crippen LogP contribution in [0.3, 0.4) is 0 Å². The van der Waals surface area contributed by atoms with Gasteiger partial charge in [-0.25, -0.2) is 4.98 Å². The lowest BCUT2D eigenvalue weighted by Gasteiger charge is -2.12. The molecule has 1 heterocycles. The summed E-state index contributed by atoms with van der Waals surface area (Å²) in [6, 6.07) is 4.92. The number of rotatable bonds is 6. The van der Waals surface area contributed by atoms with E-state index in [0.717, 1.165) is 10.6 Å². The summed E-state index contributed by atoms with van der Waals surface area (Å²) < 4.78 is 37.3. The zero-order chi connectivity index (χ0) is 17.7. The zero-order valence-electron chi connectivity index (χ0n) is 12.8. The number of nitrogens with one attached hydrogen (secondary N) is 1. The van der Waals surface area contributed by atoms with Crippen LogP contribution in [0.15, 0.2) is 28.5 Å². The van der Waals surface area contributed by atoms with Crippen LogP contribution in [0, 0.1) is 6.92 Å². The zero-order valence-corrected chi connectivity index (χ0v) is 14.4. The quantitative estimate of drug-likeness (QED) is 0.753. The normalized spacial score (nSPS) is 11.5. The molecular formula is C15H16F3N3OS2. The Morgan fingerprint density at radius 2 is 2.17 bits per heavy atom. The van der Waals surface area contributed by atoms with Crippen molar-refractivity contribution < 1.29 is 18.0 Å². The third kappa shape index (κ3) is 5.50. The highest BCUT2D eigenvalue weighted by molar-refractivity contribution is 7.99. The standard InChI is InChI=1S/C15H16F3N3OS2/c1-9-2-3-12(24-8-15(16,17)18)10(6-9)21-14(22)11-7-23-13(20-11)4-5-19/h2-3,6-7H,4-5,8,19H2,1H3,(H,21,22). The van der Waals surface area contributed by atoms with Gasteiger partial charge in [0.25, 0.3) is 5.91 Å². The lowest BCUT2D eigenvalue weighted by Crippen LogP contribution is -2.14. The van der Waals surface area contributed by atoms with Gasteiger partial charge < -0.3 is 11.1 Å². The molecule has 1 aromatic heterocycles. The summed E-state index contributed by atoms with van der Waals surface area (Å²) in [5, 5.41) is 5.00. The number of carbonyl (C=O) groups excluding carboxylic acids is 1. The smallest absolute Gasteiger partial charge is 0.330 e. The lowest BCUT2D eigenvalue weighted by atomic mass is 10.2. The molecule has 9 heteroatoms. The number of halogens is 3. The van der Waals surface area contributed by atoms with Gasteiger partial charge in [-0.1, -0.05) is 6.07 Å². The molecule has 130 valence electrons. The Morgan fingerprint density at radius 1 is 1.42 bits per heavy atom. The van der Waals surface area contributed by atoms with Crippen molar-refractivity contribution in [2.24, 2.45) is 5.73 Å². The van der Waals surface area contributed by atoms with Gasteiger partial charge in [0.15, 0.2) is 0 Å². The first-order valence-corrected chi connectivity index (χ1v) is 8.91. The Morgan fingerprint density at radius 3 is 2.83 bits per heavy atom. The Balaban J connectivity index is 2.14. The Bertz CT molecular complexity index is 716. The van der Waals surface area contributed by atoms with E-state index in [0.29, 0.717) is 35.3 Å². The average molecular weight is 375 g/mol. The Hall–Kier alpha value is -1.58. The minimum atomic E-state index is -4.27. The van der Waals surface area contributed by atoms with E-state index in [9.17, 15) is 18.0 Å². The molecule has 4 nitrogen and oxygen atoms in total. The highest BCUT2D eigenvalue weighted by atomic mass is 32.2. The predicted molar refractivity (Wildman–Crippen MR) is 90.8 cm³/mol. The molecule has 1 amide bonds. The molecular weight excluding hydrogens is 359 g/mol. The first kappa shape index (κ1) is 18.8. The van der Waals surface area contributed by atoms with Crippen LogP contribution in [0.25, 0.3) is 0 Å². The molecule has 0 aliphatic carbocycles. The van der Waals surface area contributed by atoms with Gasteiger partial charge in [-0.2, -0.15) is 13.2 Å². The monoisotopic (exact) mass is 375 g/mol. The number of hydrogen-bond donors (Lipinski definition) is 2. The Kier molecular flexibility index (Phi) is 6.25. The number of nitrogens with two attached hydrogens (primary N) is 1. The van der Waals surface area contributed by atoms with Crippen molar-refractivity contribution in [3.05, 3.63) is 39.8 Å². The predicted octanol–water partition coefficient (Wildman–Crippen LogP) is 3.86. The molecule has 24 heavy (non-hydrogen) atoms. The fourth-order valence-corrected chi connectivity index (χ4v) is 3.41. The fourth-order valence-electron chi connectivity index (χ4n) is 1.87. The number of benzene rings is 1. The number of thiazole rings is 1. The van der Waals surface area contributed by atoms with Gasteiger partial charge in [0.05, 0.1) is 16.4 Å². The van der Waals surface area contributed by atoms with Gasteiger partial charge in [-0.15, -0.1) is 23.1 Å². The average Bonchev–Trinajstić information content (AvgIpc) is 2.94. The second-order valence-corrected chi connectivity index (χ2v) is 6.98. The first-order valence-electron chi connectivity index (χ1n) is 7.04. The maximum absolute atomic E-state index is 12.4. The summed E-state index contributed by atoms with van der Waals surface area (Å²) in [6.45, 7) is 2.24. The van der Waals surface area contributed by atoms with Crippen molar-refractivity contribution in [2.45, 2.75) is 24.4 Å². The molecule has 1 aromatic carbocycles. The van der Waals surface area contributed by atoms with Crippen molar-refractivity contribution in [2.75, 3.05) is 17.6 Å². The van der Waals surface area contributed by atoms with Crippen LogP contribution in [-0.2, 0) is 6.42 Å². The summed E-state index contributed by atoms with van der Waals surface area (Å²) in [6.07, 6.45) is -3.70. The molecule has 2 aromatic rings. The van der Waals surface area contributed by atoms with Crippen LogP contribution < -0.4 is 11.1 Å². The second kappa shape index (κ2) is 8.00. The van der Waals surface area contributed by atoms with E-state index in [2.05, 4.69) is 10.3 Å². The molecule has 0 saturated heterocycles. The number of anilines is 1. The summed E-state index contributed by atoms with van der Waals surface area (Å²) in [7, 11) is 0. The van der Waals surface area contributed by atoms with Crippen LogP contribution in [-0.4, -0.2) is 29.4 Å². The van der Waals surface area contributed by atoms with Crippen LogP contribution in [0.5, 0.6) is 0 Å². The van der Waals surface area contributed by atoms with E-state index in [1.54, 1.807) is 30.5 Å². The van der Waals surface area contributed by atoms with Crippen LogP contribution in [0.4, 0.5) is 18.9 Å². The molecule has 0 aliphatic rings. The van der Waals surface area contributed by atoms with Crippen LogP contribution in [0.1, 0.15) is 21.1 Å². The van der Waals surface area contributed by atoms with Crippen molar-refractivity contribution in [1.82, 2.24) is 4.98 Å². The van der Waals surface area contributed by atoms with Gasteiger partial charge in [0.2, 0.25) is 0 Å². The van der Waals surface area contributed by atoms with Gasteiger partial charge in [0, 0.05) is 16.7 Å². The summed E-state index contributed by atoms with van der Waals surface area (Å²) in [5.74, 6) is -1.47. The van der Waals surface area contributed by atoms with E-state index in [1.807, 2.05) is 0 Å². The van der Waals surface area contributed by atoms with E-state index in [-0.39, 0.29) is 5.69 Å². The molecule has 0 aliphatic heterocycles. The van der Waals surface area contributed by atoms with E-state index in [1.165, 1.54) is 11.3 Å². The number of hydrogen-bond acceptors (Lipinski definition) is 5. The fraction of sp³-hybridized carbons (Fsp3) is 0.333. The molecule has 0 bridgehead atoms. The lowest BCUT2D eigenvalue weighted by molar-refractivity contribution is -0.105. The summed E-state index contributed by atoms with van der Waals surface area (Å²) >= 11 is 1.97. The minimum absolute atomic E-state index is 0.233. The van der Waals surface area contributed by atoms with Crippen molar-refractivity contribution >= 4 is 34.7 Å². The SMILES string of the molecule is Cc1ccc(SCC(F)(F)F)c(NC(=O)c2csc(CCN)n2)c1. The van der Waals surface area contributed by atoms with E-state index >= 15 is 0 Å². The van der Waals surface area contributed by atoms with Gasteiger partial charge in [-0.05, 0) is 31.2 Å². The van der Waals surface area contributed by atoms with Gasteiger partial charge in [0.1, 0.15) is 5.69 Å². The molecule has 2 rings (SSSR count). The number of aromatic nitrogens is 1. The maximum atomic E-state index is 12.4. The number of nitrogens with zero attached hydrogens (tertiary/aromatic N) is 1. The highest BCUT2D eigenvalue weighted by Gasteiger charge is 2.28. The number of alkyl halides is 3. The third-order valence-electron chi connectivity index (χ3n) is 2.92.